The van der Waals surface area contributed by atoms with Gasteiger partial charge in [-0.1, -0.05) is 6.07 Å². The Balaban J connectivity index is 2.41. The van der Waals surface area contributed by atoms with Crippen molar-refractivity contribution in [2.45, 2.75) is 13.0 Å². The maximum Gasteiger partial charge on any atom is 0.137 e. The monoisotopic (exact) mass is 353 g/mol. The zero-order valence-corrected chi connectivity index (χ0v) is 13.7. The highest BCUT2D eigenvalue weighted by molar-refractivity contribution is 9.10. The zero-order chi connectivity index (χ0) is 15.4. The van der Waals surface area contributed by atoms with Crippen LogP contribution in [0.4, 0.5) is 4.39 Å². The smallest absolute Gasteiger partial charge is 0.137 e. The molecule has 0 saturated heterocycles. The summed E-state index contributed by atoms with van der Waals surface area (Å²) < 4.78 is 24.9. The first-order valence-corrected chi connectivity index (χ1v) is 7.33. The predicted octanol–water partition coefficient (Wildman–Crippen LogP) is 4.67. The number of halogens is 2. The minimum atomic E-state index is -0.322. The van der Waals surface area contributed by atoms with Gasteiger partial charge in [-0.3, -0.25) is 0 Å². The summed E-state index contributed by atoms with van der Waals surface area (Å²) in [6.45, 7) is 2.02. The van der Waals surface area contributed by atoms with Crippen LogP contribution in [0.2, 0.25) is 0 Å². The van der Waals surface area contributed by atoms with Crippen LogP contribution in [0.1, 0.15) is 18.5 Å². The van der Waals surface area contributed by atoms with Crippen LogP contribution in [0.15, 0.2) is 40.9 Å². The maximum atomic E-state index is 13.3. The largest absolute Gasteiger partial charge is 0.496 e. The molecule has 1 N–H and O–H groups in total. The Morgan fingerprint density at radius 2 is 1.90 bits per heavy atom. The quantitative estimate of drug-likeness (QED) is 0.847. The Morgan fingerprint density at radius 3 is 2.52 bits per heavy atom. The van der Waals surface area contributed by atoms with Gasteiger partial charge in [0, 0.05) is 6.04 Å². The van der Waals surface area contributed by atoms with Gasteiger partial charge >= 0.3 is 0 Å². The summed E-state index contributed by atoms with van der Waals surface area (Å²) >= 11 is 3.16. The van der Waals surface area contributed by atoms with E-state index in [1.54, 1.807) is 19.2 Å². The van der Waals surface area contributed by atoms with Gasteiger partial charge in [-0.15, -0.1) is 0 Å². The highest BCUT2D eigenvalue weighted by Crippen LogP contribution is 2.37. The van der Waals surface area contributed by atoms with Crippen molar-refractivity contribution in [3.8, 4) is 17.2 Å². The molecule has 0 aromatic heterocycles. The van der Waals surface area contributed by atoms with Crippen LogP contribution in [-0.2, 0) is 0 Å². The molecule has 0 aliphatic carbocycles. The van der Waals surface area contributed by atoms with Crippen molar-refractivity contribution in [2.24, 2.45) is 0 Å². The van der Waals surface area contributed by atoms with Gasteiger partial charge in [-0.25, -0.2) is 4.39 Å². The number of rotatable bonds is 5. The Hall–Kier alpha value is -1.59. The number of hydrogen-bond acceptors (Lipinski definition) is 3. The van der Waals surface area contributed by atoms with Gasteiger partial charge in [-0.05, 0) is 60.2 Å². The standard InChI is InChI=1S/C16H17BrFNO2/c1-10(19-2)16-14(20-3)5-4-6-15(16)21-11-7-8-13(18)12(17)9-11/h4-10,19H,1-3H3. The average Bonchev–Trinajstić information content (AvgIpc) is 2.50. The maximum absolute atomic E-state index is 13.3. The topological polar surface area (TPSA) is 30.5 Å². The highest BCUT2D eigenvalue weighted by Gasteiger charge is 2.16. The van der Waals surface area contributed by atoms with Crippen LogP contribution in [0.3, 0.4) is 0 Å². The molecule has 112 valence electrons. The summed E-state index contributed by atoms with van der Waals surface area (Å²) in [5, 5.41) is 3.17. The molecule has 0 bridgehead atoms. The molecule has 2 aromatic rings. The molecule has 0 saturated carbocycles. The Morgan fingerprint density at radius 1 is 1.19 bits per heavy atom. The SMILES string of the molecule is CNC(C)c1c(OC)cccc1Oc1ccc(F)c(Br)c1. The number of hydrogen-bond donors (Lipinski definition) is 1. The Bertz CT molecular complexity index is 634. The van der Waals surface area contributed by atoms with Crippen molar-refractivity contribution in [3.05, 3.63) is 52.3 Å². The number of benzene rings is 2. The molecule has 2 rings (SSSR count). The fourth-order valence-electron chi connectivity index (χ4n) is 2.03. The van der Waals surface area contributed by atoms with E-state index in [4.69, 9.17) is 9.47 Å². The van der Waals surface area contributed by atoms with E-state index in [1.807, 2.05) is 32.2 Å². The molecule has 1 atom stereocenters. The van der Waals surface area contributed by atoms with Gasteiger partial charge in [0.2, 0.25) is 0 Å². The van der Waals surface area contributed by atoms with E-state index in [1.165, 1.54) is 6.07 Å². The van der Waals surface area contributed by atoms with Crippen LogP contribution in [0, 0.1) is 5.82 Å². The number of ether oxygens (including phenoxy) is 2. The van der Waals surface area contributed by atoms with Crippen molar-refractivity contribution in [1.82, 2.24) is 5.32 Å². The molecule has 2 aromatic carbocycles. The summed E-state index contributed by atoms with van der Waals surface area (Å²) in [5.41, 5.74) is 0.919. The lowest BCUT2D eigenvalue weighted by Gasteiger charge is -2.19. The Kier molecular flexibility index (Phi) is 5.20. The third kappa shape index (κ3) is 3.54. The second kappa shape index (κ2) is 6.91. The summed E-state index contributed by atoms with van der Waals surface area (Å²) in [7, 11) is 3.49. The minimum absolute atomic E-state index is 0.0556. The highest BCUT2D eigenvalue weighted by atomic mass is 79.9. The Labute approximate surface area is 132 Å². The number of methoxy groups -OCH3 is 1. The lowest BCUT2D eigenvalue weighted by molar-refractivity contribution is 0.393. The molecule has 0 spiro atoms. The summed E-state index contributed by atoms with van der Waals surface area (Å²) in [6, 6.07) is 10.2. The van der Waals surface area contributed by atoms with Crippen molar-refractivity contribution >= 4 is 15.9 Å². The summed E-state index contributed by atoms with van der Waals surface area (Å²) in [6.07, 6.45) is 0. The average molecular weight is 354 g/mol. The molecular formula is C16H17BrFNO2. The fraction of sp³-hybridized carbons (Fsp3) is 0.250. The fourth-order valence-corrected chi connectivity index (χ4v) is 2.39. The first kappa shape index (κ1) is 15.8. The molecule has 21 heavy (non-hydrogen) atoms. The molecule has 5 heteroatoms. The van der Waals surface area contributed by atoms with Crippen LogP contribution >= 0.6 is 15.9 Å². The van der Waals surface area contributed by atoms with Gasteiger partial charge in [0.25, 0.3) is 0 Å². The zero-order valence-electron chi connectivity index (χ0n) is 12.1. The summed E-state index contributed by atoms with van der Waals surface area (Å²) in [4.78, 5) is 0. The van der Waals surface area contributed by atoms with Crippen molar-refractivity contribution in [3.63, 3.8) is 0 Å². The van der Waals surface area contributed by atoms with Gasteiger partial charge in [-0.2, -0.15) is 0 Å². The predicted molar refractivity (Wildman–Crippen MR) is 84.6 cm³/mol. The van der Waals surface area contributed by atoms with E-state index in [0.717, 1.165) is 11.3 Å². The van der Waals surface area contributed by atoms with Crippen LogP contribution in [0.25, 0.3) is 0 Å². The molecule has 3 nitrogen and oxygen atoms in total. The third-order valence-corrected chi connectivity index (χ3v) is 3.84. The third-order valence-electron chi connectivity index (χ3n) is 3.23. The lowest BCUT2D eigenvalue weighted by atomic mass is 10.1. The van der Waals surface area contributed by atoms with E-state index >= 15 is 0 Å². The van der Waals surface area contributed by atoms with Crippen molar-refractivity contribution < 1.29 is 13.9 Å². The normalized spacial score (nSPS) is 12.0. The van der Waals surface area contributed by atoms with Gasteiger partial charge in [0.05, 0.1) is 17.1 Å². The first-order valence-electron chi connectivity index (χ1n) is 6.54. The first-order chi connectivity index (χ1) is 10.1. The van der Waals surface area contributed by atoms with Crippen molar-refractivity contribution in [2.75, 3.05) is 14.2 Å². The second-order valence-corrected chi connectivity index (χ2v) is 5.41. The van der Waals surface area contributed by atoms with Crippen LogP contribution in [0.5, 0.6) is 17.2 Å². The molecule has 0 amide bonds. The van der Waals surface area contributed by atoms with Crippen LogP contribution < -0.4 is 14.8 Å². The van der Waals surface area contributed by atoms with E-state index < -0.39 is 0 Å². The molecule has 0 radical (unpaired) electrons. The molecule has 0 aliphatic rings. The molecule has 1 unspecified atom stereocenters. The van der Waals surface area contributed by atoms with E-state index in [9.17, 15) is 4.39 Å². The van der Waals surface area contributed by atoms with Gasteiger partial charge in [0.1, 0.15) is 23.1 Å². The van der Waals surface area contributed by atoms with Gasteiger partial charge < -0.3 is 14.8 Å². The van der Waals surface area contributed by atoms with E-state index in [-0.39, 0.29) is 11.9 Å². The minimum Gasteiger partial charge on any atom is -0.496 e. The van der Waals surface area contributed by atoms with Crippen molar-refractivity contribution in [1.29, 1.82) is 0 Å². The van der Waals surface area contributed by atoms with E-state index in [0.29, 0.717) is 16.0 Å². The molecule has 0 heterocycles. The summed E-state index contributed by atoms with van der Waals surface area (Å²) in [5.74, 6) is 1.66. The molecular weight excluding hydrogens is 337 g/mol. The van der Waals surface area contributed by atoms with E-state index in [2.05, 4.69) is 21.2 Å². The van der Waals surface area contributed by atoms with Gasteiger partial charge in [0.15, 0.2) is 0 Å². The molecule has 0 fully saturated rings. The lowest BCUT2D eigenvalue weighted by Crippen LogP contribution is -2.14. The second-order valence-electron chi connectivity index (χ2n) is 4.56. The number of nitrogens with one attached hydrogen (secondary N) is 1. The molecule has 0 aliphatic heterocycles. The van der Waals surface area contributed by atoms with Crippen LogP contribution in [-0.4, -0.2) is 14.2 Å².